The fourth-order valence-electron chi connectivity index (χ4n) is 8.44. The number of amides is 1. The van der Waals surface area contributed by atoms with E-state index < -0.39 is 23.2 Å². The highest BCUT2D eigenvalue weighted by molar-refractivity contribution is 6.08. The number of ketones is 1. The lowest BCUT2D eigenvalue weighted by atomic mass is 9.64. The summed E-state index contributed by atoms with van der Waals surface area (Å²) in [6, 6.07) is 32.6. The molecule has 0 saturated heterocycles. The first-order valence-electron chi connectivity index (χ1n) is 18.4. The van der Waals surface area contributed by atoms with Gasteiger partial charge in [-0.15, -0.1) is 0 Å². The Kier molecular flexibility index (Phi) is 10.2. The number of ether oxygens (including phenoxy) is 1. The number of aliphatic hydroxyl groups is 2. The first-order valence-corrected chi connectivity index (χ1v) is 18.4. The monoisotopic (exact) mass is 697 g/mol. The first-order chi connectivity index (χ1) is 25.1. The number of benzene rings is 4. The minimum absolute atomic E-state index is 0.0513. The van der Waals surface area contributed by atoms with Gasteiger partial charge in [-0.2, -0.15) is 0 Å². The van der Waals surface area contributed by atoms with E-state index in [1.807, 2.05) is 84.9 Å². The number of carbonyl (C=O) groups excluding carboxylic acids is 2. The van der Waals surface area contributed by atoms with E-state index in [0.29, 0.717) is 49.8 Å². The van der Waals surface area contributed by atoms with Gasteiger partial charge < -0.3 is 24.3 Å². The molecule has 2 N–H and O–H groups in total. The number of carbonyl (C=O) groups is 2. The molecule has 1 saturated carbocycles. The Morgan fingerprint density at radius 3 is 2.48 bits per heavy atom. The summed E-state index contributed by atoms with van der Waals surface area (Å²) in [5, 5.41) is 25.9. The molecule has 1 aromatic heterocycles. The van der Waals surface area contributed by atoms with Crippen LogP contribution >= 0.6 is 0 Å². The molecule has 5 aromatic rings. The Hall–Kier alpha value is -4.98. The van der Waals surface area contributed by atoms with Crippen LogP contribution in [0.15, 0.2) is 125 Å². The van der Waals surface area contributed by atoms with Crippen molar-refractivity contribution in [2.75, 3.05) is 6.54 Å². The lowest BCUT2D eigenvalue weighted by molar-refractivity contribution is -0.0802. The highest BCUT2D eigenvalue weighted by Gasteiger charge is 2.58. The Labute approximate surface area is 305 Å². The maximum absolute atomic E-state index is 14.2. The average Bonchev–Trinajstić information content (AvgIpc) is 3.77. The second-order valence-corrected chi connectivity index (χ2v) is 15.0. The van der Waals surface area contributed by atoms with Crippen LogP contribution in [-0.4, -0.2) is 45.2 Å². The molecule has 4 aromatic carbocycles. The SMILES string of the molecule is CC1=CCC[C@@]2(C)[C@@H](CC[C@@]2(O)CN(Cc2ccccc2)C(=O)Oc2ccc3ccccc3c2)c2ccc(cc2C(=O)c2ccco2)C[C@@H](O)CC1. The highest BCUT2D eigenvalue weighted by Crippen LogP contribution is 2.59. The summed E-state index contributed by atoms with van der Waals surface area (Å²) in [5.41, 5.74) is 2.34. The minimum Gasteiger partial charge on any atom is -0.461 e. The quantitative estimate of drug-likeness (QED) is 0.130. The van der Waals surface area contributed by atoms with Gasteiger partial charge in [-0.1, -0.05) is 91.4 Å². The normalized spacial score (nSPS) is 23.4. The van der Waals surface area contributed by atoms with E-state index in [1.165, 1.54) is 11.8 Å². The lowest BCUT2D eigenvalue weighted by Crippen LogP contribution is -2.54. The molecular weight excluding hydrogens is 650 g/mol. The number of hydrogen-bond donors (Lipinski definition) is 2. The van der Waals surface area contributed by atoms with E-state index in [1.54, 1.807) is 23.1 Å². The van der Waals surface area contributed by atoms with Crippen LogP contribution in [0.4, 0.5) is 4.79 Å². The molecule has 8 rings (SSSR count). The summed E-state index contributed by atoms with van der Waals surface area (Å²) >= 11 is 0. The lowest BCUT2D eigenvalue weighted by Gasteiger charge is -2.46. The number of nitrogens with zero attached hydrogens (tertiary/aromatic N) is 1. The number of fused-ring (bicyclic) bond motifs is 9. The Bertz CT molecular complexity index is 2070. The van der Waals surface area contributed by atoms with E-state index >= 15 is 0 Å². The fraction of sp³-hybridized carbons (Fsp3) is 0.333. The molecule has 7 nitrogen and oxygen atoms in total. The molecule has 0 unspecified atom stereocenters. The van der Waals surface area contributed by atoms with Gasteiger partial charge >= 0.3 is 6.09 Å². The molecule has 1 heterocycles. The van der Waals surface area contributed by atoms with Crippen LogP contribution in [0.1, 0.15) is 91.1 Å². The Morgan fingerprint density at radius 2 is 1.69 bits per heavy atom. The van der Waals surface area contributed by atoms with Crippen LogP contribution in [0.2, 0.25) is 0 Å². The van der Waals surface area contributed by atoms with Crippen molar-refractivity contribution in [2.24, 2.45) is 5.41 Å². The van der Waals surface area contributed by atoms with Crippen molar-refractivity contribution in [3.8, 4) is 5.75 Å². The molecule has 0 aliphatic heterocycles. The van der Waals surface area contributed by atoms with Crippen molar-refractivity contribution < 1.29 is 29.0 Å². The van der Waals surface area contributed by atoms with Gasteiger partial charge in [0.25, 0.3) is 0 Å². The van der Waals surface area contributed by atoms with Crippen molar-refractivity contribution in [1.29, 1.82) is 0 Å². The number of furan rings is 1. The van der Waals surface area contributed by atoms with Gasteiger partial charge in [0.15, 0.2) is 5.76 Å². The summed E-state index contributed by atoms with van der Waals surface area (Å²) < 4.78 is 11.6. The molecule has 1 fully saturated rings. The number of allylic oxidation sites excluding steroid dienone is 2. The summed E-state index contributed by atoms with van der Waals surface area (Å²) in [6.07, 6.45) is 6.84. The zero-order valence-electron chi connectivity index (χ0n) is 30.0. The zero-order valence-corrected chi connectivity index (χ0v) is 30.0. The molecule has 52 heavy (non-hydrogen) atoms. The molecule has 2 bridgehead atoms. The molecule has 268 valence electrons. The van der Waals surface area contributed by atoms with Crippen molar-refractivity contribution in [3.63, 3.8) is 0 Å². The Balaban J connectivity index is 1.27. The first kappa shape index (κ1) is 35.4. The molecule has 0 radical (unpaired) electrons. The van der Waals surface area contributed by atoms with Crippen LogP contribution in [-0.2, 0) is 13.0 Å². The average molecular weight is 698 g/mol. The predicted octanol–water partition coefficient (Wildman–Crippen LogP) is 9.40. The van der Waals surface area contributed by atoms with Crippen molar-refractivity contribution >= 4 is 22.6 Å². The summed E-state index contributed by atoms with van der Waals surface area (Å²) in [4.78, 5) is 29.9. The minimum atomic E-state index is -1.31. The van der Waals surface area contributed by atoms with Gasteiger partial charge in [0.05, 0.1) is 24.5 Å². The third-order valence-corrected chi connectivity index (χ3v) is 11.5. The highest BCUT2D eigenvalue weighted by atomic mass is 16.6. The third-order valence-electron chi connectivity index (χ3n) is 11.5. The van der Waals surface area contributed by atoms with Crippen LogP contribution in [0, 0.1) is 5.41 Å². The van der Waals surface area contributed by atoms with Crippen LogP contribution < -0.4 is 4.74 Å². The standard InChI is InChI=1S/C45H47NO6/c1-31-10-8-23-44(2)40(38-21-17-33(26-36(47)19-16-31)27-39(38)42(48)41-15-9-25-51-41)22-24-45(44,50)30-46(29-32-11-4-3-5-12-32)43(49)52-37-20-18-34-13-6-7-14-35(34)28-37/h3-7,9-15,17-18,20-21,25,27-28,36,40,47,50H,8,16,19,22-24,26,29-30H2,1-2H3/t36-,40-,44-,45+/m0/s1. The maximum Gasteiger partial charge on any atom is 0.415 e. The summed E-state index contributed by atoms with van der Waals surface area (Å²) in [7, 11) is 0. The van der Waals surface area contributed by atoms with E-state index in [0.717, 1.165) is 33.9 Å². The van der Waals surface area contributed by atoms with Gasteiger partial charge in [0, 0.05) is 17.5 Å². The maximum atomic E-state index is 14.2. The van der Waals surface area contributed by atoms with Crippen molar-refractivity contribution in [1.82, 2.24) is 4.90 Å². The second kappa shape index (κ2) is 14.9. The van der Waals surface area contributed by atoms with Gasteiger partial charge in [-0.3, -0.25) is 4.79 Å². The van der Waals surface area contributed by atoms with Gasteiger partial charge in [-0.25, -0.2) is 4.79 Å². The van der Waals surface area contributed by atoms with E-state index in [2.05, 4.69) is 19.9 Å². The molecule has 1 amide bonds. The third kappa shape index (κ3) is 7.34. The molecule has 3 aliphatic rings. The van der Waals surface area contributed by atoms with Gasteiger partial charge in [-0.05, 0) is 116 Å². The topological polar surface area (TPSA) is 100 Å². The van der Waals surface area contributed by atoms with E-state index in [9.17, 15) is 19.8 Å². The van der Waals surface area contributed by atoms with Crippen molar-refractivity contribution in [3.05, 3.63) is 149 Å². The molecule has 7 heteroatoms. The Morgan fingerprint density at radius 1 is 0.904 bits per heavy atom. The smallest absolute Gasteiger partial charge is 0.415 e. The summed E-state index contributed by atoms with van der Waals surface area (Å²) in [6.45, 7) is 4.52. The summed E-state index contributed by atoms with van der Waals surface area (Å²) in [5.74, 6) is 0.270. The van der Waals surface area contributed by atoms with Gasteiger partial charge in [0.2, 0.25) is 5.78 Å². The van der Waals surface area contributed by atoms with Crippen LogP contribution in [0.25, 0.3) is 10.8 Å². The molecular formula is C45H47NO6. The van der Waals surface area contributed by atoms with Crippen molar-refractivity contribution in [2.45, 2.75) is 83.0 Å². The van der Waals surface area contributed by atoms with Gasteiger partial charge in [0.1, 0.15) is 5.75 Å². The second-order valence-electron chi connectivity index (χ2n) is 15.0. The van der Waals surface area contributed by atoms with Crippen LogP contribution in [0.3, 0.4) is 0 Å². The molecule has 4 atom stereocenters. The van der Waals surface area contributed by atoms with E-state index in [-0.39, 0.29) is 30.6 Å². The van der Waals surface area contributed by atoms with E-state index in [4.69, 9.17) is 9.15 Å². The largest absolute Gasteiger partial charge is 0.461 e. The number of aliphatic hydroxyl groups excluding tert-OH is 1. The zero-order chi connectivity index (χ0) is 36.3. The number of hydrogen-bond acceptors (Lipinski definition) is 6. The molecule has 3 aliphatic carbocycles. The predicted molar refractivity (Wildman–Crippen MR) is 202 cm³/mol. The van der Waals surface area contributed by atoms with Crippen LogP contribution in [0.5, 0.6) is 5.75 Å². The fourth-order valence-corrected chi connectivity index (χ4v) is 8.44. The molecule has 0 spiro atoms. The number of rotatable bonds is 7.